The molecule has 0 aliphatic carbocycles. The van der Waals surface area contributed by atoms with Gasteiger partial charge in [-0.2, -0.15) is 74.6 Å². The minimum atomic E-state index is -8.09. The van der Waals surface area contributed by atoms with Crippen LogP contribution in [0.1, 0.15) is 0 Å². The Morgan fingerprint density at radius 2 is 0.891 bits per heavy atom. The highest BCUT2D eigenvalue weighted by Gasteiger charge is 2.83. The Morgan fingerprint density at radius 3 is 1.26 bits per heavy atom. The lowest BCUT2D eigenvalue weighted by molar-refractivity contribution is -0.542. The molecule has 0 fully saturated rings. The Bertz CT molecular complexity index is 1400. The van der Waals surface area contributed by atoms with Crippen molar-refractivity contribution in [3.63, 3.8) is 0 Å². The number of ether oxygens (including phenoxy) is 3. The van der Waals surface area contributed by atoms with Crippen molar-refractivity contribution in [3.05, 3.63) is 56.8 Å². The van der Waals surface area contributed by atoms with Gasteiger partial charge in [0.05, 0.1) is 26.2 Å². The largest absolute Gasteiger partial charge is 0.462 e. The van der Waals surface area contributed by atoms with Gasteiger partial charge in [0.1, 0.15) is 6.61 Å². The van der Waals surface area contributed by atoms with E-state index in [0.29, 0.717) is 9.13 Å². The molecule has 0 spiro atoms. The van der Waals surface area contributed by atoms with E-state index in [2.05, 4.69) is 17.9 Å². The number of nitrogens with zero attached hydrogens (tertiary/aromatic N) is 3. The van der Waals surface area contributed by atoms with Crippen molar-refractivity contribution >= 4 is 0 Å². The van der Waals surface area contributed by atoms with Crippen LogP contribution in [0.5, 0.6) is 0 Å². The first kappa shape index (κ1) is 40.6. The number of rotatable bonds is 17. The molecule has 1 rings (SSSR count). The quantitative estimate of drug-likeness (QED) is 0.135. The Balaban J connectivity index is 3.20. The second-order valence-electron chi connectivity index (χ2n) is 8.47. The van der Waals surface area contributed by atoms with Crippen molar-refractivity contribution in [1.29, 1.82) is 0 Å². The van der Waals surface area contributed by atoms with Gasteiger partial charge >= 0.3 is 65.4 Å². The summed E-state index contributed by atoms with van der Waals surface area (Å²) in [7, 11) is 0. The Labute approximate surface area is 241 Å². The molecular formula is C20H16F17N3O6. The standard InChI is InChI=1S/C20H16F17N3O6/c1-3-5-38-10(41)39(6-4-2)12(43)40(11(38)42)7-8-44-9-13(21,22)17(30,31)45-19(34,35)15(25,26)20(36,37)46-18(32,33)14(23,24)16(27,28)29/h3-4H,1-2,5-9H2. The maximum Gasteiger partial charge on any atom is 0.462 e. The Kier molecular flexibility index (Phi) is 11.5. The van der Waals surface area contributed by atoms with Crippen LogP contribution >= 0.6 is 0 Å². The third kappa shape index (κ3) is 7.58. The van der Waals surface area contributed by atoms with E-state index >= 15 is 0 Å². The SMILES string of the molecule is C=CCn1c(=O)n(CC=C)c(=O)n(CCOCC(F)(F)C(F)(F)OC(F)(F)C(F)(F)C(F)(F)OC(F)(F)C(F)(F)C(F)(F)F)c1=O. The van der Waals surface area contributed by atoms with Gasteiger partial charge in [-0.25, -0.2) is 37.6 Å². The zero-order valence-corrected chi connectivity index (χ0v) is 21.8. The molecule has 0 aromatic carbocycles. The van der Waals surface area contributed by atoms with Crippen molar-refractivity contribution in [2.45, 2.75) is 68.0 Å². The molecule has 0 aliphatic rings. The van der Waals surface area contributed by atoms with Gasteiger partial charge < -0.3 is 4.74 Å². The van der Waals surface area contributed by atoms with Crippen molar-refractivity contribution in [1.82, 2.24) is 13.7 Å². The number of aromatic nitrogens is 3. The van der Waals surface area contributed by atoms with Gasteiger partial charge in [0.2, 0.25) is 0 Å². The molecule has 46 heavy (non-hydrogen) atoms. The number of hydrogen-bond donors (Lipinski definition) is 0. The van der Waals surface area contributed by atoms with E-state index < -0.39 is 98.3 Å². The van der Waals surface area contributed by atoms with E-state index in [1.807, 2.05) is 0 Å². The molecule has 1 aromatic heterocycles. The highest BCUT2D eigenvalue weighted by molar-refractivity contribution is 4.93. The average Bonchev–Trinajstić information content (AvgIpc) is 2.86. The molecule has 0 unspecified atom stereocenters. The fourth-order valence-corrected chi connectivity index (χ4v) is 2.81. The average molecular weight is 717 g/mol. The van der Waals surface area contributed by atoms with Crippen LogP contribution in [0.15, 0.2) is 39.7 Å². The summed E-state index contributed by atoms with van der Waals surface area (Å²) in [6.07, 6.45) is -36.2. The normalized spacial score (nSPS) is 14.5. The summed E-state index contributed by atoms with van der Waals surface area (Å²) in [4.78, 5) is 36.9. The molecule has 0 bridgehead atoms. The number of alkyl halides is 17. The van der Waals surface area contributed by atoms with Gasteiger partial charge in [-0.3, -0.25) is 0 Å². The van der Waals surface area contributed by atoms with Crippen molar-refractivity contribution in [2.24, 2.45) is 0 Å². The summed E-state index contributed by atoms with van der Waals surface area (Å²) in [6.45, 7) is -0.0988. The van der Waals surface area contributed by atoms with E-state index in [0.717, 1.165) is 12.2 Å². The maximum atomic E-state index is 13.9. The van der Waals surface area contributed by atoms with Gasteiger partial charge in [0.15, 0.2) is 0 Å². The summed E-state index contributed by atoms with van der Waals surface area (Å²) in [5, 5.41) is 0. The third-order valence-corrected chi connectivity index (χ3v) is 5.14. The molecule has 0 saturated carbocycles. The second-order valence-corrected chi connectivity index (χ2v) is 8.47. The third-order valence-electron chi connectivity index (χ3n) is 5.14. The molecule has 266 valence electrons. The highest BCUT2D eigenvalue weighted by Crippen LogP contribution is 2.55. The summed E-state index contributed by atoms with van der Waals surface area (Å²) < 4.78 is 232. The minimum absolute atomic E-state index is 0.107. The Hall–Kier alpha value is -3.42. The highest BCUT2D eigenvalue weighted by atomic mass is 19.4. The van der Waals surface area contributed by atoms with Crippen LogP contribution in [0, 0.1) is 0 Å². The first-order valence-corrected chi connectivity index (χ1v) is 11.2. The van der Waals surface area contributed by atoms with Gasteiger partial charge in [-0.15, -0.1) is 13.2 Å². The summed E-state index contributed by atoms with van der Waals surface area (Å²) >= 11 is 0. The number of allylic oxidation sites excluding steroid dienone is 2. The molecule has 0 N–H and O–H groups in total. The van der Waals surface area contributed by atoms with Gasteiger partial charge in [0.25, 0.3) is 0 Å². The zero-order valence-electron chi connectivity index (χ0n) is 21.8. The first-order chi connectivity index (χ1) is 20.4. The van der Waals surface area contributed by atoms with Crippen LogP contribution < -0.4 is 17.1 Å². The van der Waals surface area contributed by atoms with E-state index in [-0.39, 0.29) is 4.57 Å². The predicted molar refractivity (Wildman–Crippen MR) is 113 cm³/mol. The van der Waals surface area contributed by atoms with Crippen molar-refractivity contribution < 1.29 is 88.8 Å². The topological polar surface area (TPSA) is 93.7 Å². The van der Waals surface area contributed by atoms with E-state index in [1.54, 1.807) is 4.74 Å². The first-order valence-electron chi connectivity index (χ1n) is 11.2. The van der Waals surface area contributed by atoms with Gasteiger partial charge in [-0.1, -0.05) is 12.2 Å². The zero-order chi connectivity index (χ0) is 36.5. The second kappa shape index (κ2) is 13.0. The number of hydrogen-bond acceptors (Lipinski definition) is 6. The summed E-state index contributed by atoms with van der Waals surface area (Å²) in [5.41, 5.74) is -4.10. The lowest BCUT2D eigenvalue weighted by Crippen LogP contribution is -2.64. The van der Waals surface area contributed by atoms with Crippen LogP contribution in [0.2, 0.25) is 0 Å². The van der Waals surface area contributed by atoms with Crippen LogP contribution in [0.25, 0.3) is 0 Å². The van der Waals surface area contributed by atoms with Crippen molar-refractivity contribution in [2.75, 3.05) is 13.2 Å². The smallest absolute Gasteiger partial charge is 0.373 e. The predicted octanol–water partition coefficient (Wildman–Crippen LogP) is 4.43. The van der Waals surface area contributed by atoms with Gasteiger partial charge in [-0.05, 0) is 0 Å². The molecule has 0 saturated heterocycles. The molecular weight excluding hydrogens is 701 g/mol. The van der Waals surface area contributed by atoms with Gasteiger partial charge in [0, 0.05) is 0 Å². The van der Waals surface area contributed by atoms with Crippen molar-refractivity contribution in [3.8, 4) is 0 Å². The molecule has 1 aromatic rings. The fourth-order valence-electron chi connectivity index (χ4n) is 2.81. The van der Waals surface area contributed by atoms with E-state index in [9.17, 15) is 89.0 Å². The van der Waals surface area contributed by atoms with E-state index in [4.69, 9.17) is 0 Å². The number of halogens is 17. The molecule has 1 heterocycles. The molecule has 26 heteroatoms. The lowest BCUT2D eigenvalue weighted by atomic mass is 10.2. The maximum absolute atomic E-state index is 13.9. The van der Waals surface area contributed by atoms with Crippen LogP contribution in [0.3, 0.4) is 0 Å². The fraction of sp³-hybridized carbons (Fsp3) is 0.650. The monoisotopic (exact) mass is 717 g/mol. The van der Waals surface area contributed by atoms with E-state index in [1.165, 1.54) is 4.74 Å². The minimum Gasteiger partial charge on any atom is -0.373 e. The summed E-state index contributed by atoms with van der Waals surface area (Å²) in [6, 6.07) is 0. The molecule has 9 nitrogen and oxygen atoms in total. The molecule has 0 amide bonds. The molecule has 0 radical (unpaired) electrons. The lowest BCUT2D eigenvalue weighted by Gasteiger charge is -2.37. The van der Waals surface area contributed by atoms with Crippen LogP contribution in [-0.2, 0) is 33.8 Å². The molecule has 0 aliphatic heterocycles. The van der Waals surface area contributed by atoms with Crippen LogP contribution in [-0.4, -0.2) is 75.3 Å². The Morgan fingerprint density at radius 1 is 0.543 bits per heavy atom. The summed E-state index contributed by atoms with van der Waals surface area (Å²) in [5.74, 6) is -22.1. The van der Waals surface area contributed by atoms with Crippen LogP contribution in [0.4, 0.5) is 74.6 Å². The molecule has 0 atom stereocenters.